The molecule has 0 aliphatic rings. The van der Waals surface area contributed by atoms with E-state index in [9.17, 15) is 4.39 Å². The third kappa shape index (κ3) is 2.97. The number of ether oxygens (including phenoxy) is 1. The number of nitrogens with one attached hydrogen (secondary N) is 1. The Balaban J connectivity index is 1.90. The van der Waals surface area contributed by atoms with Gasteiger partial charge in [0.1, 0.15) is 28.3 Å². The number of hydrogen-bond acceptors (Lipinski definition) is 5. The van der Waals surface area contributed by atoms with Crippen molar-refractivity contribution in [2.24, 2.45) is 0 Å². The summed E-state index contributed by atoms with van der Waals surface area (Å²) in [5, 5.41) is 7.34. The van der Waals surface area contributed by atoms with Crippen LogP contribution in [0, 0.1) is 5.82 Å². The van der Waals surface area contributed by atoms with E-state index < -0.39 is 5.82 Å². The molecule has 0 fully saturated rings. The second kappa shape index (κ2) is 6.68. The topological polar surface area (TPSA) is 66.9 Å². The molecule has 0 saturated carbocycles. The van der Waals surface area contributed by atoms with Crippen LogP contribution in [0.5, 0.6) is 5.75 Å². The molecule has 6 nitrogen and oxygen atoms in total. The third-order valence-electron chi connectivity index (χ3n) is 4.36. The normalized spacial score (nSPS) is 11.0. The lowest BCUT2D eigenvalue weighted by atomic mass is 10.1. The van der Waals surface area contributed by atoms with Gasteiger partial charge < -0.3 is 9.64 Å². The van der Waals surface area contributed by atoms with Gasteiger partial charge in [0.15, 0.2) is 5.82 Å². The Labute approximate surface area is 155 Å². The first-order valence-corrected chi connectivity index (χ1v) is 8.40. The highest BCUT2D eigenvalue weighted by molar-refractivity contribution is 5.91. The smallest absolute Gasteiger partial charge is 0.166 e. The second-order valence-corrected chi connectivity index (χ2v) is 6.29. The van der Waals surface area contributed by atoms with Gasteiger partial charge in [-0.3, -0.25) is 5.10 Å². The molecule has 7 heteroatoms. The summed E-state index contributed by atoms with van der Waals surface area (Å²) in [6.07, 6.45) is 1.61. The molecule has 0 aliphatic heterocycles. The zero-order valence-electron chi connectivity index (χ0n) is 15.2. The molecule has 4 aromatic rings. The predicted octanol–water partition coefficient (Wildman–Crippen LogP) is 3.90. The molecule has 2 aromatic heterocycles. The van der Waals surface area contributed by atoms with E-state index in [0.717, 1.165) is 11.3 Å². The Morgan fingerprint density at radius 1 is 1.11 bits per heavy atom. The van der Waals surface area contributed by atoms with Gasteiger partial charge in [-0.2, -0.15) is 5.10 Å². The number of methoxy groups -OCH3 is 1. The van der Waals surface area contributed by atoms with Crippen molar-refractivity contribution in [1.29, 1.82) is 0 Å². The van der Waals surface area contributed by atoms with Crippen LogP contribution in [0.3, 0.4) is 0 Å². The molecule has 0 bridgehead atoms. The van der Waals surface area contributed by atoms with Crippen molar-refractivity contribution in [2.75, 3.05) is 26.1 Å². The Morgan fingerprint density at radius 3 is 2.70 bits per heavy atom. The molecule has 0 unspecified atom stereocenters. The zero-order valence-corrected chi connectivity index (χ0v) is 15.2. The van der Waals surface area contributed by atoms with Crippen molar-refractivity contribution >= 4 is 16.7 Å². The molecule has 0 spiro atoms. The minimum Gasteiger partial charge on any atom is -0.496 e. The summed E-state index contributed by atoms with van der Waals surface area (Å²) in [5.74, 6) is 0.200. The number of halogens is 1. The SMILES string of the molecule is COc1cccc(F)c1-c1ncc2[nH]nc(-c3cccc(N(C)C)c3)c2n1. The van der Waals surface area contributed by atoms with Crippen LogP contribution in [-0.2, 0) is 0 Å². The highest BCUT2D eigenvalue weighted by atomic mass is 19.1. The van der Waals surface area contributed by atoms with Crippen LogP contribution >= 0.6 is 0 Å². The maximum atomic E-state index is 14.4. The Bertz CT molecular complexity index is 1120. The molecule has 0 atom stereocenters. The van der Waals surface area contributed by atoms with Gasteiger partial charge in [-0.1, -0.05) is 18.2 Å². The van der Waals surface area contributed by atoms with Crippen molar-refractivity contribution < 1.29 is 9.13 Å². The van der Waals surface area contributed by atoms with E-state index in [2.05, 4.69) is 20.2 Å². The molecule has 1 N–H and O–H groups in total. The molecule has 0 aliphatic carbocycles. The number of hydrogen-bond donors (Lipinski definition) is 1. The zero-order chi connectivity index (χ0) is 19.0. The van der Waals surface area contributed by atoms with Gasteiger partial charge >= 0.3 is 0 Å². The quantitative estimate of drug-likeness (QED) is 0.596. The summed E-state index contributed by atoms with van der Waals surface area (Å²) >= 11 is 0. The third-order valence-corrected chi connectivity index (χ3v) is 4.36. The number of fused-ring (bicyclic) bond motifs is 1. The van der Waals surface area contributed by atoms with Crippen molar-refractivity contribution in [3.05, 3.63) is 54.5 Å². The lowest BCUT2D eigenvalue weighted by Crippen LogP contribution is -2.08. The van der Waals surface area contributed by atoms with E-state index in [1.165, 1.54) is 13.2 Å². The van der Waals surface area contributed by atoms with E-state index >= 15 is 0 Å². The highest BCUT2D eigenvalue weighted by Crippen LogP contribution is 2.33. The average molecular weight is 363 g/mol. The fourth-order valence-corrected chi connectivity index (χ4v) is 2.96. The molecule has 2 aromatic carbocycles. The molecule has 136 valence electrons. The van der Waals surface area contributed by atoms with Gasteiger partial charge in [-0.25, -0.2) is 14.4 Å². The summed E-state index contributed by atoms with van der Waals surface area (Å²) in [7, 11) is 5.45. The van der Waals surface area contributed by atoms with Crippen LogP contribution in [0.2, 0.25) is 0 Å². The fraction of sp³-hybridized carbons (Fsp3) is 0.150. The van der Waals surface area contributed by atoms with Gasteiger partial charge in [-0.15, -0.1) is 0 Å². The van der Waals surface area contributed by atoms with Crippen LogP contribution in [0.1, 0.15) is 0 Å². The Hall–Kier alpha value is -3.48. The molecule has 0 saturated heterocycles. The first-order valence-electron chi connectivity index (χ1n) is 8.40. The van der Waals surface area contributed by atoms with E-state index in [1.54, 1.807) is 18.3 Å². The molecular weight excluding hydrogens is 345 g/mol. The van der Waals surface area contributed by atoms with Crippen LogP contribution in [-0.4, -0.2) is 41.4 Å². The highest BCUT2D eigenvalue weighted by Gasteiger charge is 2.17. The van der Waals surface area contributed by atoms with Gasteiger partial charge in [0, 0.05) is 25.3 Å². The molecule has 0 amide bonds. The van der Waals surface area contributed by atoms with Gasteiger partial charge in [0.05, 0.1) is 18.9 Å². The van der Waals surface area contributed by atoms with Gasteiger partial charge in [-0.05, 0) is 24.3 Å². The molecule has 2 heterocycles. The van der Waals surface area contributed by atoms with Crippen LogP contribution in [0.4, 0.5) is 10.1 Å². The maximum absolute atomic E-state index is 14.4. The minimum atomic E-state index is -0.437. The van der Waals surface area contributed by atoms with Crippen molar-refractivity contribution in [3.63, 3.8) is 0 Å². The number of rotatable bonds is 4. The number of H-pyrrole nitrogens is 1. The van der Waals surface area contributed by atoms with E-state index in [1.807, 2.05) is 43.3 Å². The Kier molecular flexibility index (Phi) is 4.19. The van der Waals surface area contributed by atoms with Gasteiger partial charge in [0.2, 0.25) is 0 Å². The van der Waals surface area contributed by atoms with Crippen molar-refractivity contribution in [1.82, 2.24) is 20.2 Å². The summed E-state index contributed by atoms with van der Waals surface area (Å²) < 4.78 is 19.7. The number of aromatic amines is 1. The van der Waals surface area contributed by atoms with Crippen molar-refractivity contribution in [2.45, 2.75) is 0 Å². The standard InChI is InChI=1S/C20H18FN5O/c1-26(2)13-7-4-6-12(10-13)18-19-15(24-25-18)11-22-20(23-19)17-14(21)8-5-9-16(17)27-3/h4-11H,1-3H3,(H,24,25). The van der Waals surface area contributed by atoms with E-state index in [4.69, 9.17) is 4.74 Å². The predicted molar refractivity (Wildman–Crippen MR) is 103 cm³/mol. The van der Waals surface area contributed by atoms with E-state index in [-0.39, 0.29) is 11.4 Å². The number of nitrogens with zero attached hydrogens (tertiary/aromatic N) is 4. The molecular formula is C20H18FN5O. The first kappa shape index (κ1) is 17.0. The number of aromatic nitrogens is 4. The molecule has 27 heavy (non-hydrogen) atoms. The monoisotopic (exact) mass is 363 g/mol. The number of benzene rings is 2. The lowest BCUT2D eigenvalue weighted by molar-refractivity contribution is 0.413. The second-order valence-electron chi connectivity index (χ2n) is 6.29. The average Bonchev–Trinajstić information content (AvgIpc) is 3.11. The number of anilines is 1. The molecule has 4 rings (SSSR count). The van der Waals surface area contributed by atoms with E-state index in [0.29, 0.717) is 22.5 Å². The Morgan fingerprint density at radius 2 is 1.93 bits per heavy atom. The minimum absolute atomic E-state index is 0.232. The summed E-state index contributed by atoms with van der Waals surface area (Å²) in [5.41, 5.74) is 4.19. The maximum Gasteiger partial charge on any atom is 0.166 e. The van der Waals surface area contributed by atoms with Crippen LogP contribution < -0.4 is 9.64 Å². The lowest BCUT2D eigenvalue weighted by Gasteiger charge is -2.13. The largest absolute Gasteiger partial charge is 0.496 e. The fourth-order valence-electron chi connectivity index (χ4n) is 2.96. The first-order chi connectivity index (χ1) is 13.1. The van der Waals surface area contributed by atoms with Crippen molar-refractivity contribution in [3.8, 4) is 28.4 Å². The van der Waals surface area contributed by atoms with Gasteiger partial charge in [0.25, 0.3) is 0 Å². The summed E-state index contributed by atoms with van der Waals surface area (Å²) in [6.45, 7) is 0. The summed E-state index contributed by atoms with van der Waals surface area (Å²) in [4.78, 5) is 10.9. The van der Waals surface area contributed by atoms with Crippen LogP contribution in [0.25, 0.3) is 33.7 Å². The molecule has 0 radical (unpaired) electrons. The van der Waals surface area contributed by atoms with Crippen LogP contribution in [0.15, 0.2) is 48.7 Å². The summed E-state index contributed by atoms with van der Waals surface area (Å²) in [6, 6.07) is 12.6.